The molecule has 2 aromatic heterocycles. The Balaban J connectivity index is 1.52. The highest BCUT2D eigenvalue weighted by Gasteiger charge is 2.22. The number of ether oxygens (including phenoxy) is 2. The molecule has 36 heavy (non-hydrogen) atoms. The van der Waals surface area contributed by atoms with Crippen LogP contribution < -0.4 is 4.74 Å². The second kappa shape index (κ2) is 10.8. The van der Waals surface area contributed by atoms with Crippen LogP contribution in [0.4, 0.5) is 0 Å². The Bertz CT molecular complexity index is 1410. The van der Waals surface area contributed by atoms with Gasteiger partial charge in [-0.2, -0.15) is 5.10 Å². The van der Waals surface area contributed by atoms with Gasteiger partial charge in [0.1, 0.15) is 18.1 Å². The maximum absolute atomic E-state index is 11.2. The molecule has 2 atom stereocenters. The summed E-state index contributed by atoms with van der Waals surface area (Å²) in [6, 6.07) is 13.3. The molecule has 0 spiro atoms. The van der Waals surface area contributed by atoms with Crippen molar-refractivity contribution in [3.8, 4) is 5.75 Å². The van der Waals surface area contributed by atoms with Gasteiger partial charge in [-0.05, 0) is 62.1 Å². The van der Waals surface area contributed by atoms with Crippen LogP contribution in [0, 0.1) is 0 Å². The first-order valence-electron chi connectivity index (χ1n) is 11.9. The molecule has 1 unspecified atom stereocenters. The highest BCUT2D eigenvalue weighted by molar-refractivity contribution is 6.35. The molecule has 1 aliphatic heterocycles. The van der Waals surface area contributed by atoms with Gasteiger partial charge in [-0.3, -0.25) is 9.78 Å². The summed E-state index contributed by atoms with van der Waals surface area (Å²) in [7, 11) is 0. The number of fused-ring (bicyclic) bond motifs is 1. The number of halogens is 2. The average molecular weight is 522 g/mol. The molecule has 0 amide bonds. The molecule has 1 fully saturated rings. The molecule has 1 saturated heterocycles. The molecular formula is C28H25Cl2N3O3. The van der Waals surface area contributed by atoms with Crippen LogP contribution in [0.2, 0.25) is 10.0 Å². The third kappa shape index (κ3) is 5.16. The summed E-state index contributed by atoms with van der Waals surface area (Å²) >= 11 is 12.7. The van der Waals surface area contributed by atoms with E-state index in [4.69, 9.17) is 37.8 Å². The van der Waals surface area contributed by atoms with Crippen molar-refractivity contribution >= 4 is 52.5 Å². The lowest BCUT2D eigenvalue weighted by Crippen LogP contribution is -2.19. The summed E-state index contributed by atoms with van der Waals surface area (Å²) in [5, 5.41) is 6.76. The first kappa shape index (κ1) is 24.5. The third-order valence-electron chi connectivity index (χ3n) is 6.22. The quantitative estimate of drug-likeness (QED) is 0.234. The lowest BCUT2D eigenvalue weighted by atomic mass is 10.1. The molecular weight excluding hydrogens is 497 g/mol. The van der Waals surface area contributed by atoms with Gasteiger partial charge in [0, 0.05) is 35.5 Å². The third-order valence-corrected chi connectivity index (χ3v) is 6.83. The van der Waals surface area contributed by atoms with Crippen molar-refractivity contribution in [2.24, 2.45) is 0 Å². The van der Waals surface area contributed by atoms with E-state index in [1.807, 2.05) is 60.2 Å². The largest absolute Gasteiger partial charge is 0.486 e. The standard InChI is InChI=1S/C28H25Cl2N3O3/c1-18(28-23(29)15-31-16-24(28)30)36-21-9-11-26-22(14-21)25(32-33(26)27-7-2-3-12-35-27)10-8-19-5-4-6-20(13-19)17-34/h4-6,8-11,13-18,27H,2-3,7,12H2,1H3/b10-8+/t18-,27?/m1/s1. The number of aromatic nitrogens is 3. The molecule has 0 bridgehead atoms. The second-order valence-electron chi connectivity index (χ2n) is 8.73. The highest BCUT2D eigenvalue weighted by Crippen LogP contribution is 2.35. The van der Waals surface area contributed by atoms with E-state index in [1.54, 1.807) is 18.5 Å². The van der Waals surface area contributed by atoms with E-state index in [0.29, 0.717) is 26.9 Å². The zero-order chi connectivity index (χ0) is 25.1. The molecule has 5 rings (SSSR count). The van der Waals surface area contributed by atoms with Crippen molar-refractivity contribution in [1.29, 1.82) is 0 Å². The fourth-order valence-electron chi connectivity index (χ4n) is 4.46. The molecule has 4 aromatic rings. The number of nitrogens with zero attached hydrogens (tertiary/aromatic N) is 3. The van der Waals surface area contributed by atoms with Gasteiger partial charge >= 0.3 is 0 Å². The van der Waals surface area contributed by atoms with Gasteiger partial charge in [0.2, 0.25) is 0 Å². The van der Waals surface area contributed by atoms with Crippen LogP contribution in [0.15, 0.2) is 54.9 Å². The molecule has 0 saturated carbocycles. The maximum Gasteiger partial charge on any atom is 0.150 e. The van der Waals surface area contributed by atoms with Crippen molar-refractivity contribution in [2.75, 3.05) is 6.61 Å². The molecule has 1 aliphatic rings. The van der Waals surface area contributed by atoms with E-state index in [2.05, 4.69) is 4.98 Å². The summed E-state index contributed by atoms with van der Waals surface area (Å²) in [6.45, 7) is 2.62. The first-order valence-corrected chi connectivity index (χ1v) is 12.6. The van der Waals surface area contributed by atoms with Gasteiger partial charge in [-0.15, -0.1) is 0 Å². The minimum absolute atomic E-state index is 0.109. The van der Waals surface area contributed by atoms with Crippen LogP contribution in [0.1, 0.15) is 65.7 Å². The minimum atomic E-state index is -0.382. The van der Waals surface area contributed by atoms with Gasteiger partial charge in [0.05, 0.1) is 21.3 Å². The van der Waals surface area contributed by atoms with Gasteiger partial charge in [-0.25, -0.2) is 4.68 Å². The van der Waals surface area contributed by atoms with E-state index >= 15 is 0 Å². The lowest BCUT2D eigenvalue weighted by molar-refractivity contribution is -0.0367. The average Bonchev–Trinajstić information content (AvgIpc) is 3.26. The molecule has 6 nitrogen and oxygen atoms in total. The predicted molar refractivity (Wildman–Crippen MR) is 143 cm³/mol. The summed E-state index contributed by atoms with van der Waals surface area (Å²) in [5.74, 6) is 0.667. The van der Waals surface area contributed by atoms with Crippen LogP contribution in [0.25, 0.3) is 23.1 Å². The number of aldehydes is 1. The Morgan fingerprint density at radius 3 is 2.64 bits per heavy atom. The first-order chi connectivity index (χ1) is 17.5. The normalized spacial score (nSPS) is 16.9. The smallest absolute Gasteiger partial charge is 0.150 e. The fourth-order valence-corrected chi connectivity index (χ4v) is 5.13. The summed E-state index contributed by atoms with van der Waals surface area (Å²) in [5.41, 5.74) is 3.98. The monoisotopic (exact) mass is 521 g/mol. The van der Waals surface area contributed by atoms with Crippen LogP contribution in [0.5, 0.6) is 5.75 Å². The molecule has 0 aliphatic carbocycles. The zero-order valence-corrected chi connectivity index (χ0v) is 21.2. The molecule has 2 aromatic carbocycles. The van der Waals surface area contributed by atoms with Gasteiger partial charge in [0.15, 0.2) is 6.23 Å². The van der Waals surface area contributed by atoms with E-state index < -0.39 is 0 Å². The van der Waals surface area contributed by atoms with E-state index in [-0.39, 0.29) is 12.3 Å². The van der Waals surface area contributed by atoms with Gasteiger partial charge in [0.25, 0.3) is 0 Å². The Hall–Kier alpha value is -3.19. The van der Waals surface area contributed by atoms with Crippen LogP contribution in [-0.4, -0.2) is 27.7 Å². The van der Waals surface area contributed by atoms with Crippen molar-refractivity contribution in [3.05, 3.63) is 87.3 Å². The maximum atomic E-state index is 11.2. The SMILES string of the molecule is C[C@@H](Oc1ccc2c(c1)c(/C=C/c1cccc(C=O)c1)nn2C1CCCCO1)c1c(Cl)cncc1Cl. The number of carbonyl (C=O) groups is 1. The van der Waals surface area contributed by atoms with Crippen LogP contribution in [-0.2, 0) is 4.74 Å². The number of hydrogen-bond donors (Lipinski definition) is 0. The van der Waals surface area contributed by atoms with E-state index in [9.17, 15) is 4.79 Å². The highest BCUT2D eigenvalue weighted by atomic mass is 35.5. The Kier molecular flexibility index (Phi) is 7.37. The summed E-state index contributed by atoms with van der Waals surface area (Å²) < 4.78 is 14.2. The van der Waals surface area contributed by atoms with Crippen molar-refractivity contribution < 1.29 is 14.3 Å². The minimum Gasteiger partial charge on any atom is -0.486 e. The lowest BCUT2D eigenvalue weighted by Gasteiger charge is -2.23. The molecule has 184 valence electrons. The van der Waals surface area contributed by atoms with Crippen LogP contribution in [0.3, 0.4) is 0 Å². The molecule has 0 N–H and O–H groups in total. The number of rotatable bonds is 7. The number of pyridine rings is 1. The van der Waals surface area contributed by atoms with Crippen molar-refractivity contribution in [1.82, 2.24) is 14.8 Å². The Labute approximate surface area is 219 Å². The van der Waals surface area contributed by atoms with E-state index in [1.165, 1.54) is 0 Å². The summed E-state index contributed by atoms with van der Waals surface area (Å²) in [4.78, 5) is 15.2. The van der Waals surface area contributed by atoms with Crippen LogP contribution >= 0.6 is 23.2 Å². The molecule has 0 radical (unpaired) electrons. The molecule has 8 heteroatoms. The van der Waals surface area contributed by atoms with Crippen molar-refractivity contribution in [3.63, 3.8) is 0 Å². The number of hydrogen-bond acceptors (Lipinski definition) is 5. The molecule has 3 heterocycles. The van der Waals surface area contributed by atoms with Crippen molar-refractivity contribution in [2.45, 2.75) is 38.5 Å². The zero-order valence-electron chi connectivity index (χ0n) is 19.7. The predicted octanol–water partition coefficient (Wildman–Crippen LogP) is 7.56. The van der Waals surface area contributed by atoms with E-state index in [0.717, 1.165) is 54.3 Å². The summed E-state index contributed by atoms with van der Waals surface area (Å²) in [6.07, 6.45) is 10.4. The second-order valence-corrected chi connectivity index (χ2v) is 9.54. The van der Waals surface area contributed by atoms with Gasteiger partial charge < -0.3 is 9.47 Å². The topological polar surface area (TPSA) is 66.2 Å². The number of benzene rings is 2. The Morgan fingerprint density at radius 2 is 1.89 bits per heavy atom. The fraction of sp³-hybridized carbons (Fsp3) is 0.250. The Morgan fingerprint density at radius 1 is 1.08 bits per heavy atom. The number of carbonyl (C=O) groups excluding carboxylic acids is 1. The van der Waals surface area contributed by atoms with Gasteiger partial charge in [-0.1, -0.05) is 47.5 Å².